The van der Waals surface area contributed by atoms with Gasteiger partial charge in [0.05, 0.1) is 24.3 Å². The molecule has 0 fully saturated rings. The molecule has 162 valence electrons. The van der Waals surface area contributed by atoms with E-state index in [4.69, 9.17) is 21.3 Å². The largest absolute Gasteiger partial charge is 0.468 e. The van der Waals surface area contributed by atoms with Crippen molar-refractivity contribution < 1.29 is 13.9 Å². The molecule has 2 atom stereocenters. The summed E-state index contributed by atoms with van der Waals surface area (Å²) in [4.78, 5) is 17.8. The van der Waals surface area contributed by atoms with E-state index in [9.17, 15) is 9.18 Å². The summed E-state index contributed by atoms with van der Waals surface area (Å²) in [5.74, 6) is -0.806. The highest BCUT2D eigenvalue weighted by Gasteiger charge is 2.43. The molecule has 5 heteroatoms. The van der Waals surface area contributed by atoms with Crippen molar-refractivity contribution in [2.24, 2.45) is 10.4 Å². The number of aliphatic imine (C=N–C) groups is 1. The van der Waals surface area contributed by atoms with Gasteiger partial charge in [-0.05, 0) is 36.6 Å². The van der Waals surface area contributed by atoms with E-state index < -0.39 is 17.2 Å². The van der Waals surface area contributed by atoms with Gasteiger partial charge in [0.25, 0.3) is 0 Å². The first-order chi connectivity index (χ1) is 15.5. The zero-order valence-corrected chi connectivity index (χ0v) is 18.4. The van der Waals surface area contributed by atoms with E-state index in [1.807, 2.05) is 66.7 Å². The second-order valence-corrected chi connectivity index (χ2v) is 8.34. The Morgan fingerprint density at radius 3 is 2.28 bits per heavy atom. The molecule has 0 saturated heterocycles. The molecule has 3 nitrogen and oxygen atoms in total. The Labute approximate surface area is 192 Å². The molecule has 1 aliphatic rings. The quantitative estimate of drug-likeness (QED) is 0.262. The number of carbonyl (C=O) groups excluding carboxylic acids is 1. The summed E-state index contributed by atoms with van der Waals surface area (Å²) >= 11 is 6.07. The number of benzene rings is 3. The van der Waals surface area contributed by atoms with Crippen LogP contribution in [0.1, 0.15) is 23.1 Å². The third-order valence-corrected chi connectivity index (χ3v) is 5.94. The standard InChI is InChI=1S/C27H23ClFNO2/c1-32-26(31)27(17-21-16-22(28)12-13-24(21)29)15-14-23(18-27)30-25(19-8-4-2-5-9-19)20-10-6-3-7-11-20/h2-16,23H,17-18H2,1H3/t23-,27+/m0/s1. The molecule has 0 aliphatic heterocycles. The van der Waals surface area contributed by atoms with Crippen molar-refractivity contribution in [1.82, 2.24) is 0 Å². The minimum Gasteiger partial charge on any atom is -0.468 e. The summed E-state index contributed by atoms with van der Waals surface area (Å²) in [5, 5.41) is 0.424. The predicted octanol–water partition coefficient (Wildman–Crippen LogP) is 6.05. The van der Waals surface area contributed by atoms with Gasteiger partial charge in [0.1, 0.15) is 5.82 Å². The molecule has 0 saturated carbocycles. The van der Waals surface area contributed by atoms with Crippen LogP contribution in [0.15, 0.2) is 96.0 Å². The smallest absolute Gasteiger partial charge is 0.316 e. The fraction of sp³-hybridized carbons (Fsp3) is 0.185. The predicted molar refractivity (Wildman–Crippen MR) is 126 cm³/mol. The van der Waals surface area contributed by atoms with Gasteiger partial charge in [-0.25, -0.2) is 4.39 Å². The normalized spacial score (nSPS) is 19.5. The van der Waals surface area contributed by atoms with Crippen molar-refractivity contribution in [2.45, 2.75) is 18.9 Å². The van der Waals surface area contributed by atoms with Gasteiger partial charge in [-0.1, -0.05) is 84.4 Å². The van der Waals surface area contributed by atoms with Gasteiger partial charge < -0.3 is 4.74 Å². The van der Waals surface area contributed by atoms with Gasteiger partial charge in [0.2, 0.25) is 0 Å². The maximum Gasteiger partial charge on any atom is 0.316 e. The molecule has 0 spiro atoms. The van der Waals surface area contributed by atoms with Crippen molar-refractivity contribution in [3.05, 3.63) is 119 Å². The lowest BCUT2D eigenvalue weighted by atomic mass is 9.80. The number of ether oxygens (including phenoxy) is 1. The van der Waals surface area contributed by atoms with E-state index in [1.54, 1.807) is 12.1 Å². The molecule has 0 unspecified atom stereocenters. The van der Waals surface area contributed by atoms with Crippen molar-refractivity contribution >= 4 is 23.3 Å². The van der Waals surface area contributed by atoms with Crippen LogP contribution < -0.4 is 0 Å². The monoisotopic (exact) mass is 447 g/mol. The lowest BCUT2D eigenvalue weighted by Gasteiger charge is -2.25. The highest BCUT2D eigenvalue weighted by atomic mass is 35.5. The molecule has 4 rings (SSSR count). The summed E-state index contributed by atoms with van der Waals surface area (Å²) < 4.78 is 19.6. The second kappa shape index (κ2) is 9.49. The Morgan fingerprint density at radius 1 is 1.06 bits per heavy atom. The van der Waals surface area contributed by atoms with Gasteiger partial charge in [0, 0.05) is 16.1 Å². The summed E-state index contributed by atoms with van der Waals surface area (Å²) in [6, 6.07) is 24.0. The number of rotatable bonds is 6. The number of halogens is 2. The van der Waals surface area contributed by atoms with E-state index in [0.717, 1.165) is 16.8 Å². The number of carbonyl (C=O) groups is 1. The number of hydrogen-bond donors (Lipinski definition) is 0. The summed E-state index contributed by atoms with van der Waals surface area (Å²) in [6.45, 7) is 0. The van der Waals surface area contributed by atoms with Gasteiger partial charge in [-0.15, -0.1) is 0 Å². The zero-order valence-electron chi connectivity index (χ0n) is 17.7. The summed E-state index contributed by atoms with van der Waals surface area (Å²) in [6.07, 6.45) is 4.25. The fourth-order valence-electron chi connectivity index (χ4n) is 4.14. The van der Waals surface area contributed by atoms with E-state index >= 15 is 0 Å². The minimum atomic E-state index is -1.01. The lowest BCUT2D eigenvalue weighted by Crippen LogP contribution is -2.33. The minimum absolute atomic E-state index is 0.153. The maximum absolute atomic E-state index is 14.4. The van der Waals surface area contributed by atoms with Crippen molar-refractivity contribution in [3.8, 4) is 0 Å². The highest BCUT2D eigenvalue weighted by Crippen LogP contribution is 2.39. The first kappa shape index (κ1) is 22.0. The Balaban J connectivity index is 1.69. The Kier molecular flexibility index (Phi) is 6.52. The molecule has 3 aromatic rings. The molecule has 0 radical (unpaired) electrons. The third-order valence-electron chi connectivity index (χ3n) is 5.71. The van der Waals surface area contributed by atoms with Crippen molar-refractivity contribution in [2.75, 3.05) is 7.11 Å². The van der Waals surface area contributed by atoms with Gasteiger partial charge in [-0.2, -0.15) is 0 Å². The fourth-order valence-corrected chi connectivity index (χ4v) is 4.34. The average molecular weight is 448 g/mol. The highest BCUT2D eigenvalue weighted by molar-refractivity contribution is 6.30. The molecule has 0 N–H and O–H groups in total. The molecule has 3 aromatic carbocycles. The SMILES string of the molecule is COC(=O)[C@@]1(Cc2cc(Cl)ccc2F)C=C[C@H](N=C(c2ccccc2)c2ccccc2)C1. The Bertz CT molecular complexity index is 1120. The van der Waals surface area contributed by atoms with E-state index in [2.05, 4.69) is 0 Å². The molecule has 0 amide bonds. The molecule has 1 aliphatic carbocycles. The molecule has 32 heavy (non-hydrogen) atoms. The summed E-state index contributed by atoms with van der Waals surface area (Å²) in [5.41, 5.74) is 2.19. The van der Waals surface area contributed by atoms with Gasteiger partial charge in [0.15, 0.2) is 0 Å². The molecular formula is C27H23ClFNO2. The van der Waals surface area contributed by atoms with Gasteiger partial charge in [-0.3, -0.25) is 9.79 Å². The molecule has 0 heterocycles. The van der Waals surface area contributed by atoms with Crippen LogP contribution in [0.5, 0.6) is 0 Å². The molecular weight excluding hydrogens is 425 g/mol. The van der Waals surface area contributed by atoms with E-state index in [0.29, 0.717) is 17.0 Å². The number of hydrogen-bond acceptors (Lipinski definition) is 3. The Morgan fingerprint density at radius 2 is 1.69 bits per heavy atom. The Hall–Kier alpha value is -3.24. The summed E-state index contributed by atoms with van der Waals surface area (Å²) in [7, 11) is 1.35. The van der Waals surface area contributed by atoms with E-state index in [1.165, 1.54) is 19.2 Å². The first-order valence-corrected chi connectivity index (χ1v) is 10.8. The average Bonchev–Trinajstić information content (AvgIpc) is 3.24. The number of nitrogens with zero attached hydrogens (tertiary/aromatic N) is 1. The number of methoxy groups -OCH3 is 1. The van der Waals surface area contributed by atoms with Crippen LogP contribution in [-0.4, -0.2) is 24.8 Å². The molecule has 0 bridgehead atoms. The maximum atomic E-state index is 14.4. The van der Waals surface area contributed by atoms with Crippen LogP contribution in [0, 0.1) is 11.2 Å². The van der Waals surface area contributed by atoms with Crippen LogP contribution in [-0.2, 0) is 16.0 Å². The van der Waals surface area contributed by atoms with Crippen LogP contribution >= 0.6 is 11.6 Å². The van der Waals surface area contributed by atoms with Crippen LogP contribution in [0.4, 0.5) is 4.39 Å². The molecule has 0 aromatic heterocycles. The number of esters is 1. The van der Waals surface area contributed by atoms with Crippen LogP contribution in [0.3, 0.4) is 0 Å². The van der Waals surface area contributed by atoms with Crippen molar-refractivity contribution in [3.63, 3.8) is 0 Å². The van der Waals surface area contributed by atoms with E-state index in [-0.39, 0.29) is 12.5 Å². The van der Waals surface area contributed by atoms with Crippen molar-refractivity contribution in [1.29, 1.82) is 0 Å². The van der Waals surface area contributed by atoms with Crippen LogP contribution in [0.2, 0.25) is 5.02 Å². The second-order valence-electron chi connectivity index (χ2n) is 7.90. The lowest BCUT2D eigenvalue weighted by molar-refractivity contribution is -0.149. The topological polar surface area (TPSA) is 38.7 Å². The first-order valence-electron chi connectivity index (χ1n) is 10.4. The third kappa shape index (κ3) is 4.66. The zero-order chi connectivity index (χ0) is 22.6. The van der Waals surface area contributed by atoms with Gasteiger partial charge >= 0.3 is 5.97 Å². The van der Waals surface area contributed by atoms with Crippen LogP contribution in [0.25, 0.3) is 0 Å².